The van der Waals surface area contributed by atoms with E-state index < -0.39 is 6.04 Å². The van der Waals surface area contributed by atoms with Crippen LogP contribution in [0.5, 0.6) is 28.7 Å². The van der Waals surface area contributed by atoms with Crippen LogP contribution in [0.2, 0.25) is 0 Å². The number of ether oxygens (including phenoxy) is 5. The molecule has 2 aliphatic rings. The van der Waals surface area contributed by atoms with Gasteiger partial charge in [0.2, 0.25) is 0 Å². The third kappa shape index (κ3) is 9.12. The summed E-state index contributed by atoms with van der Waals surface area (Å²) in [5, 5.41) is 11.0. The normalized spacial score (nSPS) is 15.5. The highest BCUT2D eigenvalue weighted by Crippen LogP contribution is 2.47. The van der Waals surface area contributed by atoms with Crippen LogP contribution in [0.15, 0.2) is 89.4 Å². The van der Waals surface area contributed by atoms with Crippen molar-refractivity contribution in [2.45, 2.75) is 44.7 Å². The van der Waals surface area contributed by atoms with Gasteiger partial charge >= 0.3 is 0 Å². The Hall–Kier alpha value is -4.75. The van der Waals surface area contributed by atoms with Gasteiger partial charge in [0.1, 0.15) is 35.4 Å². The maximum atomic E-state index is 12.9. The largest absolute Gasteiger partial charge is 0.508 e. The molecule has 280 valence electrons. The Balaban J connectivity index is 0.759. The second kappa shape index (κ2) is 17.6. The lowest BCUT2D eigenvalue weighted by atomic mass is 9.92. The minimum Gasteiger partial charge on any atom is -0.508 e. The molecule has 1 amide bonds. The maximum Gasteiger partial charge on any atom is 0.255 e. The summed E-state index contributed by atoms with van der Waals surface area (Å²) in [6, 6.07) is 25.8. The van der Waals surface area contributed by atoms with Gasteiger partial charge in [-0.1, -0.05) is 28.1 Å². The van der Waals surface area contributed by atoms with E-state index in [2.05, 4.69) is 15.9 Å². The third-order valence-electron chi connectivity index (χ3n) is 9.28. The molecule has 5 aromatic rings. The van der Waals surface area contributed by atoms with Crippen molar-refractivity contribution in [3.8, 4) is 39.2 Å². The SMILES string of the molecule is O=C1CCC(N2Cc3cc(OCCCOCCCOCCOc4ccc(Oc5c(-c6ccc(Br)cc6)sc6cc(O)ccc56)cc4)ccc3C2=O)C(=O)C1. The number of halogens is 1. The quantitative estimate of drug-likeness (QED) is 0.0726. The number of hydrogen-bond acceptors (Lipinski definition) is 10. The number of rotatable bonds is 17. The predicted molar refractivity (Wildman–Crippen MR) is 209 cm³/mol. The van der Waals surface area contributed by atoms with Crippen molar-refractivity contribution in [1.29, 1.82) is 0 Å². The molecule has 4 aromatic carbocycles. The summed E-state index contributed by atoms with van der Waals surface area (Å²) in [5.74, 6) is 2.65. The molecule has 0 spiro atoms. The van der Waals surface area contributed by atoms with E-state index in [9.17, 15) is 19.5 Å². The van der Waals surface area contributed by atoms with Crippen molar-refractivity contribution < 1.29 is 43.2 Å². The van der Waals surface area contributed by atoms with E-state index in [1.165, 1.54) is 0 Å². The number of carbonyl (C=O) groups is 3. The van der Waals surface area contributed by atoms with Crippen molar-refractivity contribution in [2.75, 3.05) is 39.6 Å². The number of hydrogen-bond donors (Lipinski definition) is 1. The lowest BCUT2D eigenvalue weighted by Crippen LogP contribution is -2.44. The third-order valence-corrected chi connectivity index (χ3v) is 11.0. The van der Waals surface area contributed by atoms with Crippen LogP contribution in [0.1, 0.15) is 48.0 Å². The number of carbonyl (C=O) groups excluding carboxylic acids is 3. The monoisotopic (exact) mass is 813 g/mol. The molecule has 54 heavy (non-hydrogen) atoms. The fraction of sp³-hybridized carbons (Fsp3) is 0.310. The predicted octanol–water partition coefficient (Wildman–Crippen LogP) is 8.75. The summed E-state index contributed by atoms with van der Waals surface area (Å²) in [6.07, 6.45) is 2.12. The molecule has 1 atom stereocenters. The average molecular weight is 815 g/mol. The van der Waals surface area contributed by atoms with E-state index in [0.29, 0.717) is 82.5 Å². The second-order valence-corrected chi connectivity index (χ2v) is 15.1. The van der Waals surface area contributed by atoms with Gasteiger partial charge < -0.3 is 33.7 Å². The molecule has 12 heteroatoms. The summed E-state index contributed by atoms with van der Waals surface area (Å²) in [4.78, 5) is 39.4. The molecule has 1 aromatic heterocycles. The molecule has 10 nitrogen and oxygen atoms in total. The molecular weight excluding hydrogens is 774 g/mol. The van der Waals surface area contributed by atoms with E-state index in [0.717, 1.165) is 48.5 Å². The molecule has 1 aliphatic heterocycles. The van der Waals surface area contributed by atoms with Crippen molar-refractivity contribution in [3.63, 3.8) is 0 Å². The summed E-state index contributed by atoms with van der Waals surface area (Å²) >= 11 is 5.08. The van der Waals surface area contributed by atoms with Gasteiger partial charge in [0.05, 0.1) is 30.6 Å². The highest BCUT2D eigenvalue weighted by atomic mass is 79.9. The van der Waals surface area contributed by atoms with Gasteiger partial charge in [-0.15, -0.1) is 11.3 Å². The van der Waals surface area contributed by atoms with Crippen molar-refractivity contribution in [2.24, 2.45) is 0 Å². The molecule has 1 aliphatic carbocycles. The Morgan fingerprint density at radius 3 is 2.24 bits per heavy atom. The topological polar surface area (TPSA) is 121 Å². The Morgan fingerprint density at radius 1 is 0.759 bits per heavy atom. The van der Waals surface area contributed by atoms with Crippen molar-refractivity contribution >= 4 is 54.8 Å². The van der Waals surface area contributed by atoms with Crippen LogP contribution in [0.4, 0.5) is 0 Å². The van der Waals surface area contributed by atoms with Crippen LogP contribution in [-0.2, 0) is 25.6 Å². The van der Waals surface area contributed by atoms with Gasteiger partial charge in [0.25, 0.3) is 5.91 Å². The lowest BCUT2D eigenvalue weighted by Gasteiger charge is -2.29. The highest BCUT2D eigenvalue weighted by Gasteiger charge is 2.39. The second-order valence-electron chi connectivity index (χ2n) is 13.1. The van der Waals surface area contributed by atoms with Crippen LogP contribution < -0.4 is 14.2 Å². The first kappa shape index (κ1) is 37.6. The minimum atomic E-state index is -0.524. The molecule has 2 heterocycles. The maximum absolute atomic E-state index is 12.9. The Morgan fingerprint density at radius 2 is 1.46 bits per heavy atom. The Bertz CT molecular complexity index is 2120. The molecule has 1 saturated carbocycles. The molecule has 0 saturated heterocycles. The van der Waals surface area contributed by atoms with E-state index in [1.807, 2.05) is 60.7 Å². The zero-order chi connectivity index (χ0) is 37.4. The molecule has 1 N–H and O–H groups in total. The molecule has 7 rings (SSSR count). The van der Waals surface area contributed by atoms with Crippen LogP contribution in [-0.4, -0.2) is 73.2 Å². The van der Waals surface area contributed by atoms with Crippen LogP contribution >= 0.6 is 27.3 Å². The zero-order valence-corrected chi connectivity index (χ0v) is 32.0. The summed E-state index contributed by atoms with van der Waals surface area (Å²) in [5.41, 5.74) is 2.46. The van der Waals surface area contributed by atoms with Gasteiger partial charge in [-0.05, 0) is 96.8 Å². The van der Waals surface area contributed by atoms with Crippen molar-refractivity contribution in [1.82, 2.24) is 4.90 Å². The summed E-state index contributed by atoms with van der Waals surface area (Å²) in [7, 11) is 0. The van der Waals surface area contributed by atoms with E-state index in [1.54, 1.807) is 40.5 Å². The molecular formula is C42H40BrNO9S. The smallest absolute Gasteiger partial charge is 0.255 e. The number of thiophene rings is 1. The van der Waals surface area contributed by atoms with E-state index >= 15 is 0 Å². The molecule has 1 unspecified atom stereocenters. The number of Topliss-reactive ketones (excluding diaryl/α,β-unsaturated/α-hetero) is 2. The van der Waals surface area contributed by atoms with Crippen LogP contribution in [0.25, 0.3) is 20.5 Å². The number of benzene rings is 4. The van der Waals surface area contributed by atoms with E-state index in [-0.39, 0.29) is 29.6 Å². The Kier molecular flexibility index (Phi) is 12.2. The first-order valence-electron chi connectivity index (χ1n) is 18.0. The fourth-order valence-electron chi connectivity index (χ4n) is 6.56. The van der Waals surface area contributed by atoms with Crippen LogP contribution in [0.3, 0.4) is 0 Å². The average Bonchev–Trinajstić information content (AvgIpc) is 3.68. The molecule has 0 bridgehead atoms. The number of ketones is 2. The zero-order valence-electron chi connectivity index (χ0n) is 29.6. The number of nitrogens with zero attached hydrogens (tertiary/aromatic N) is 1. The van der Waals surface area contributed by atoms with Gasteiger partial charge in [-0.25, -0.2) is 0 Å². The summed E-state index contributed by atoms with van der Waals surface area (Å²) < 4.78 is 31.5. The van der Waals surface area contributed by atoms with Crippen molar-refractivity contribution in [3.05, 3.63) is 101 Å². The number of fused-ring (bicyclic) bond motifs is 2. The number of phenols is 1. The molecule has 1 fully saturated rings. The Labute approximate surface area is 325 Å². The number of phenolic OH excluding ortho intramolecular Hbond substituents is 1. The van der Waals surface area contributed by atoms with Gasteiger partial charge in [-0.2, -0.15) is 0 Å². The first-order valence-corrected chi connectivity index (χ1v) is 19.6. The number of aromatic hydroxyl groups is 1. The highest BCUT2D eigenvalue weighted by molar-refractivity contribution is 9.10. The standard InChI is InChI=1S/C42H40BrNO9S/c43-29-5-3-27(4-6-29)41-40(36-14-7-31(46)25-39(36)54-41)53-33-11-9-32(10-12-33)52-22-21-50-18-1-17-49-19-2-20-51-34-13-15-35-28(23-34)26-44(42(35)48)37-16-8-30(45)24-38(37)47/h3-7,9-15,23,25,37,46H,1-2,8,16-22,24,26H2. The fourth-order valence-corrected chi connectivity index (χ4v) is 8.00. The molecule has 0 radical (unpaired) electrons. The van der Waals surface area contributed by atoms with E-state index in [4.69, 9.17) is 23.7 Å². The minimum absolute atomic E-state index is 0.0537. The first-order chi connectivity index (χ1) is 26.3. The van der Waals surface area contributed by atoms with Crippen LogP contribution in [0, 0.1) is 0 Å². The summed E-state index contributed by atoms with van der Waals surface area (Å²) in [6.45, 7) is 3.40. The number of amides is 1. The van der Waals surface area contributed by atoms with Gasteiger partial charge in [0, 0.05) is 59.3 Å². The van der Waals surface area contributed by atoms with Gasteiger partial charge in [0.15, 0.2) is 11.5 Å². The van der Waals surface area contributed by atoms with Gasteiger partial charge in [-0.3, -0.25) is 14.4 Å². The lowest BCUT2D eigenvalue weighted by molar-refractivity contribution is -0.133.